The highest BCUT2D eigenvalue weighted by Crippen LogP contribution is 2.19. The molecule has 1 aliphatic rings. The quantitative estimate of drug-likeness (QED) is 0.494. The van der Waals surface area contributed by atoms with E-state index in [4.69, 9.17) is 0 Å². The molecule has 3 N–H and O–H groups in total. The summed E-state index contributed by atoms with van der Waals surface area (Å²) in [6, 6.07) is 0.268. The molecule has 1 aliphatic carbocycles. The molecule has 0 heterocycles. The Morgan fingerprint density at radius 3 is 2.48 bits per heavy atom. The fourth-order valence-electron chi connectivity index (χ4n) is 2.48. The smallest absolute Gasteiger partial charge is 0.357 e. The predicted molar refractivity (Wildman–Crippen MR) is 84.3 cm³/mol. The minimum absolute atomic E-state index is 0.0319. The van der Waals surface area contributed by atoms with Crippen LogP contribution in [-0.2, 0) is 4.79 Å². The molecule has 0 atom stereocenters. The largest absolute Gasteiger partial charge is 0.390 e. The maximum absolute atomic E-state index is 12.1. The Morgan fingerprint density at radius 2 is 1.87 bits per heavy atom. The van der Waals surface area contributed by atoms with Crippen LogP contribution in [0.4, 0.5) is 13.2 Å². The van der Waals surface area contributed by atoms with Gasteiger partial charge in [-0.1, -0.05) is 19.3 Å². The van der Waals surface area contributed by atoms with Crippen LogP contribution < -0.4 is 16.0 Å². The van der Waals surface area contributed by atoms with Crippen LogP contribution in [0.1, 0.15) is 51.9 Å². The number of carbonyl (C=O) groups excluding carboxylic acids is 1. The maximum Gasteiger partial charge on any atom is 0.390 e. The molecule has 0 radical (unpaired) electrons. The number of nitrogens with one attached hydrogen (secondary N) is 3. The first-order valence-corrected chi connectivity index (χ1v) is 8.29. The van der Waals surface area contributed by atoms with Crippen LogP contribution in [0, 0.1) is 0 Å². The van der Waals surface area contributed by atoms with Crippen LogP contribution in [0.3, 0.4) is 0 Å². The summed E-state index contributed by atoms with van der Waals surface area (Å²) in [5.41, 5.74) is 0. The van der Waals surface area contributed by atoms with E-state index in [2.05, 4.69) is 20.9 Å². The highest BCUT2D eigenvalue weighted by molar-refractivity contribution is 5.81. The zero-order valence-corrected chi connectivity index (χ0v) is 13.6. The fraction of sp³-hybridized carbons (Fsp3) is 0.867. The summed E-state index contributed by atoms with van der Waals surface area (Å²) in [7, 11) is 0. The highest BCUT2D eigenvalue weighted by atomic mass is 19.4. The van der Waals surface area contributed by atoms with Crippen molar-refractivity contribution in [3.8, 4) is 0 Å². The minimum Gasteiger partial charge on any atom is -0.357 e. The molecular weight excluding hydrogens is 309 g/mol. The van der Waals surface area contributed by atoms with Crippen molar-refractivity contribution < 1.29 is 18.0 Å². The van der Waals surface area contributed by atoms with Gasteiger partial charge in [0.25, 0.3) is 0 Å². The first-order chi connectivity index (χ1) is 10.9. The summed E-state index contributed by atoms with van der Waals surface area (Å²) in [4.78, 5) is 15.7. The van der Waals surface area contributed by atoms with Crippen molar-refractivity contribution in [1.29, 1.82) is 0 Å². The van der Waals surface area contributed by atoms with Crippen LogP contribution in [0.15, 0.2) is 4.99 Å². The number of aliphatic imine (C=N–C) groups is 1. The molecule has 0 aliphatic heterocycles. The normalized spacial score (nSPS) is 17.0. The van der Waals surface area contributed by atoms with Gasteiger partial charge in [0.1, 0.15) is 0 Å². The van der Waals surface area contributed by atoms with Crippen molar-refractivity contribution in [3.63, 3.8) is 0 Å². The van der Waals surface area contributed by atoms with Crippen molar-refractivity contribution in [2.24, 2.45) is 4.99 Å². The van der Waals surface area contributed by atoms with Crippen molar-refractivity contribution >= 4 is 11.9 Å². The number of nitrogens with zero attached hydrogens (tertiary/aromatic N) is 1. The van der Waals surface area contributed by atoms with Crippen molar-refractivity contribution in [2.75, 3.05) is 19.6 Å². The number of guanidine groups is 1. The number of amides is 1. The van der Waals surface area contributed by atoms with Gasteiger partial charge in [-0.2, -0.15) is 13.2 Å². The fourth-order valence-corrected chi connectivity index (χ4v) is 2.48. The predicted octanol–water partition coefficient (Wildman–Crippen LogP) is 2.33. The van der Waals surface area contributed by atoms with Gasteiger partial charge in [-0.3, -0.25) is 9.79 Å². The first-order valence-electron chi connectivity index (χ1n) is 8.29. The molecule has 1 rings (SSSR count). The molecule has 0 unspecified atom stereocenters. The molecule has 0 aromatic rings. The molecule has 5 nitrogen and oxygen atoms in total. The molecule has 1 saturated carbocycles. The molecule has 0 aromatic heterocycles. The monoisotopic (exact) mass is 336 g/mol. The summed E-state index contributed by atoms with van der Waals surface area (Å²) in [5, 5.41) is 8.75. The number of hydrogen-bond acceptors (Lipinski definition) is 2. The number of halogens is 3. The van der Waals surface area contributed by atoms with Gasteiger partial charge in [0.05, 0.1) is 13.0 Å². The molecule has 0 spiro atoms. The summed E-state index contributed by atoms with van der Waals surface area (Å²) in [6.45, 7) is 2.40. The SMILES string of the molecule is CCNC(=NCCC(F)(F)F)NCCC(=O)NC1CCCCC1. The third-order valence-electron chi connectivity index (χ3n) is 3.62. The highest BCUT2D eigenvalue weighted by Gasteiger charge is 2.26. The van der Waals surface area contributed by atoms with Crippen LogP contribution >= 0.6 is 0 Å². The molecule has 134 valence electrons. The van der Waals surface area contributed by atoms with E-state index in [9.17, 15) is 18.0 Å². The molecule has 0 bridgehead atoms. The molecule has 1 fully saturated rings. The molecular formula is C15H27F3N4O. The van der Waals surface area contributed by atoms with Crippen LogP contribution in [0.5, 0.6) is 0 Å². The van der Waals surface area contributed by atoms with Gasteiger partial charge >= 0.3 is 6.18 Å². The number of carbonyl (C=O) groups is 1. The lowest BCUT2D eigenvalue weighted by Gasteiger charge is -2.22. The van der Waals surface area contributed by atoms with E-state index in [0.717, 1.165) is 25.7 Å². The Kier molecular flexibility index (Phi) is 8.79. The Morgan fingerprint density at radius 1 is 1.17 bits per heavy atom. The average Bonchev–Trinajstić information content (AvgIpc) is 2.47. The van der Waals surface area contributed by atoms with E-state index in [1.807, 2.05) is 6.92 Å². The molecule has 23 heavy (non-hydrogen) atoms. The molecule has 0 saturated heterocycles. The zero-order valence-electron chi connectivity index (χ0n) is 13.6. The van der Waals surface area contributed by atoms with Crippen LogP contribution in [0.2, 0.25) is 0 Å². The number of hydrogen-bond donors (Lipinski definition) is 3. The van der Waals surface area contributed by atoms with Gasteiger partial charge < -0.3 is 16.0 Å². The Labute approximate surface area is 135 Å². The van der Waals surface area contributed by atoms with Crippen molar-refractivity contribution in [3.05, 3.63) is 0 Å². The van der Waals surface area contributed by atoms with Crippen molar-refractivity contribution in [2.45, 2.75) is 64.1 Å². The van der Waals surface area contributed by atoms with Gasteiger partial charge in [-0.05, 0) is 19.8 Å². The zero-order chi connectivity index (χ0) is 17.1. The number of rotatable bonds is 7. The minimum atomic E-state index is -4.21. The van der Waals surface area contributed by atoms with Crippen molar-refractivity contribution in [1.82, 2.24) is 16.0 Å². The topological polar surface area (TPSA) is 65.5 Å². The van der Waals surface area contributed by atoms with Crippen LogP contribution in [0.25, 0.3) is 0 Å². The molecule has 0 aromatic carbocycles. The lowest BCUT2D eigenvalue weighted by Crippen LogP contribution is -2.41. The second-order valence-corrected chi connectivity index (χ2v) is 5.71. The summed E-state index contributed by atoms with van der Waals surface area (Å²) >= 11 is 0. The average molecular weight is 336 g/mol. The summed E-state index contributed by atoms with van der Waals surface area (Å²) in [6.07, 6.45) is 0.710. The van der Waals surface area contributed by atoms with E-state index >= 15 is 0 Å². The first kappa shape index (κ1) is 19.6. The Bertz CT molecular complexity index is 379. The lowest BCUT2D eigenvalue weighted by molar-refractivity contribution is -0.132. The van der Waals surface area contributed by atoms with Gasteiger partial charge in [-0.25, -0.2) is 0 Å². The Hall–Kier alpha value is -1.47. The van der Waals surface area contributed by atoms with Gasteiger partial charge in [0.15, 0.2) is 5.96 Å². The van der Waals surface area contributed by atoms with E-state index in [-0.39, 0.29) is 24.9 Å². The van der Waals surface area contributed by atoms with Crippen LogP contribution in [-0.4, -0.2) is 43.7 Å². The lowest BCUT2D eigenvalue weighted by atomic mass is 9.95. The second kappa shape index (κ2) is 10.3. The third-order valence-corrected chi connectivity index (χ3v) is 3.62. The van der Waals surface area contributed by atoms with Gasteiger partial charge in [0.2, 0.25) is 5.91 Å². The third kappa shape index (κ3) is 10.0. The number of alkyl halides is 3. The van der Waals surface area contributed by atoms with Gasteiger partial charge in [-0.15, -0.1) is 0 Å². The Balaban J connectivity index is 2.25. The van der Waals surface area contributed by atoms with E-state index in [0.29, 0.717) is 19.0 Å². The molecule has 1 amide bonds. The maximum atomic E-state index is 12.1. The van der Waals surface area contributed by atoms with E-state index in [1.165, 1.54) is 6.42 Å². The van der Waals surface area contributed by atoms with E-state index < -0.39 is 12.6 Å². The molecule has 8 heteroatoms. The van der Waals surface area contributed by atoms with Gasteiger partial charge in [0, 0.05) is 25.6 Å². The summed E-state index contributed by atoms with van der Waals surface area (Å²) in [5.74, 6) is 0.276. The second-order valence-electron chi connectivity index (χ2n) is 5.71. The van der Waals surface area contributed by atoms with E-state index in [1.54, 1.807) is 0 Å². The summed E-state index contributed by atoms with van der Waals surface area (Å²) < 4.78 is 36.3. The standard InChI is InChI=1S/C15H27F3N4O/c1-2-19-14(21-11-9-15(16,17)18)20-10-8-13(23)22-12-6-4-3-5-7-12/h12H,2-11H2,1H3,(H,22,23)(H2,19,20,21).